The quantitative estimate of drug-likeness (QED) is 0.615. The third kappa shape index (κ3) is 2.64. The van der Waals surface area contributed by atoms with E-state index in [1.54, 1.807) is 6.08 Å². The second kappa shape index (κ2) is 4.99. The van der Waals surface area contributed by atoms with Crippen LogP contribution in [0.1, 0.15) is 23.2 Å². The maximum Gasteiger partial charge on any atom is 0.254 e. The van der Waals surface area contributed by atoms with E-state index in [0.29, 0.717) is 12.6 Å². The molecule has 0 aliphatic heterocycles. The van der Waals surface area contributed by atoms with E-state index in [-0.39, 0.29) is 5.91 Å². The number of hydrogen-bond acceptors (Lipinski definition) is 1. The Bertz CT molecular complexity index is 412. The van der Waals surface area contributed by atoms with Gasteiger partial charge >= 0.3 is 0 Å². The number of halogens is 1. The lowest BCUT2D eigenvalue weighted by atomic mass is 10.2. The third-order valence-electron chi connectivity index (χ3n) is 2.65. The molecule has 0 radical (unpaired) electrons. The first-order valence-corrected chi connectivity index (χ1v) is 6.47. The Balaban J connectivity index is 2.18. The highest BCUT2D eigenvalue weighted by Crippen LogP contribution is 2.28. The maximum absolute atomic E-state index is 12.2. The van der Waals surface area contributed by atoms with Gasteiger partial charge in [-0.1, -0.05) is 12.1 Å². The molecule has 2 rings (SSSR count). The van der Waals surface area contributed by atoms with Crippen molar-refractivity contribution in [2.24, 2.45) is 0 Å². The molecule has 1 saturated carbocycles. The monoisotopic (exact) mass is 327 g/mol. The molecule has 16 heavy (non-hydrogen) atoms. The summed E-state index contributed by atoms with van der Waals surface area (Å²) in [5.74, 6) is 0.126. The number of hydrogen-bond donors (Lipinski definition) is 0. The molecule has 2 nitrogen and oxygen atoms in total. The molecule has 84 valence electrons. The highest BCUT2D eigenvalue weighted by molar-refractivity contribution is 14.1. The fraction of sp³-hybridized carbons (Fsp3) is 0.308. The van der Waals surface area contributed by atoms with Crippen LogP contribution in [0.5, 0.6) is 0 Å². The van der Waals surface area contributed by atoms with Crippen molar-refractivity contribution in [1.82, 2.24) is 4.90 Å². The van der Waals surface area contributed by atoms with Gasteiger partial charge in [0, 0.05) is 21.7 Å². The van der Waals surface area contributed by atoms with Crippen LogP contribution in [-0.2, 0) is 0 Å². The molecule has 0 unspecified atom stereocenters. The van der Waals surface area contributed by atoms with Crippen molar-refractivity contribution in [2.45, 2.75) is 18.9 Å². The van der Waals surface area contributed by atoms with Crippen LogP contribution in [0, 0.1) is 3.57 Å². The Morgan fingerprint density at radius 3 is 2.88 bits per heavy atom. The fourth-order valence-electron chi connectivity index (χ4n) is 1.71. The molecule has 0 bridgehead atoms. The molecule has 1 amide bonds. The van der Waals surface area contributed by atoms with Crippen LogP contribution in [-0.4, -0.2) is 23.4 Å². The predicted molar refractivity (Wildman–Crippen MR) is 73.4 cm³/mol. The van der Waals surface area contributed by atoms with Gasteiger partial charge in [-0.2, -0.15) is 0 Å². The van der Waals surface area contributed by atoms with E-state index in [2.05, 4.69) is 29.2 Å². The van der Waals surface area contributed by atoms with Crippen molar-refractivity contribution >= 4 is 28.5 Å². The molecule has 0 aromatic heterocycles. The van der Waals surface area contributed by atoms with Crippen LogP contribution in [0.15, 0.2) is 36.9 Å². The zero-order valence-corrected chi connectivity index (χ0v) is 11.2. The van der Waals surface area contributed by atoms with Gasteiger partial charge in [-0.3, -0.25) is 4.79 Å². The number of rotatable bonds is 4. The number of nitrogens with zero attached hydrogens (tertiary/aromatic N) is 1. The summed E-state index contributed by atoms with van der Waals surface area (Å²) in [4.78, 5) is 14.2. The molecule has 1 aliphatic rings. The summed E-state index contributed by atoms with van der Waals surface area (Å²) >= 11 is 2.23. The lowest BCUT2D eigenvalue weighted by molar-refractivity contribution is 0.0762. The molecule has 1 aromatic carbocycles. The van der Waals surface area contributed by atoms with Crippen LogP contribution in [0.2, 0.25) is 0 Å². The van der Waals surface area contributed by atoms with Gasteiger partial charge in [-0.05, 0) is 53.6 Å². The second-order valence-electron chi connectivity index (χ2n) is 3.99. The predicted octanol–water partition coefficient (Wildman–Crippen LogP) is 3.08. The molecule has 1 aliphatic carbocycles. The zero-order chi connectivity index (χ0) is 11.5. The van der Waals surface area contributed by atoms with Gasteiger partial charge in [0.05, 0.1) is 0 Å². The molecular weight excluding hydrogens is 313 g/mol. The van der Waals surface area contributed by atoms with Crippen LogP contribution < -0.4 is 0 Å². The summed E-state index contributed by atoms with van der Waals surface area (Å²) in [5.41, 5.74) is 0.778. The number of carbonyl (C=O) groups is 1. The maximum atomic E-state index is 12.2. The van der Waals surface area contributed by atoms with Crippen molar-refractivity contribution in [2.75, 3.05) is 6.54 Å². The van der Waals surface area contributed by atoms with Crippen molar-refractivity contribution in [3.05, 3.63) is 46.1 Å². The van der Waals surface area contributed by atoms with Gasteiger partial charge in [0.2, 0.25) is 0 Å². The molecular formula is C13H14INO. The highest BCUT2D eigenvalue weighted by atomic mass is 127. The minimum absolute atomic E-state index is 0.126. The van der Waals surface area contributed by atoms with E-state index < -0.39 is 0 Å². The summed E-state index contributed by atoms with van der Waals surface area (Å²) in [5, 5.41) is 0. The van der Waals surface area contributed by atoms with Gasteiger partial charge in [-0.15, -0.1) is 6.58 Å². The average Bonchev–Trinajstić information content (AvgIpc) is 3.09. The summed E-state index contributed by atoms with van der Waals surface area (Å²) in [6.07, 6.45) is 4.05. The van der Waals surface area contributed by atoms with Crippen LogP contribution >= 0.6 is 22.6 Å². The molecule has 1 fully saturated rings. The third-order valence-corrected chi connectivity index (χ3v) is 3.32. The van der Waals surface area contributed by atoms with E-state index in [1.807, 2.05) is 29.2 Å². The van der Waals surface area contributed by atoms with Gasteiger partial charge in [0.15, 0.2) is 0 Å². The van der Waals surface area contributed by atoms with E-state index in [9.17, 15) is 4.79 Å². The van der Waals surface area contributed by atoms with Gasteiger partial charge in [0.25, 0.3) is 5.91 Å². The smallest absolute Gasteiger partial charge is 0.254 e. The normalized spacial score (nSPS) is 14.6. The first kappa shape index (κ1) is 11.6. The summed E-state index contributed by atoms with van der Waals surface area (Å²) < 4.78 is 1.10. The van der Waals surface area contributed by atoms with E-state index in [0.717, 1.165) is 22.0 Å². The zero-order valence-electron chi connectivity index (χ0n) is 9.03. The van der Waals surface area contributed by atoms with Crippen LogP contribution in [0.25, 0.3) is 0 Å². The molecule has 1 aromatic rings. The molecule has 0 atom stereocenters. The van der Waals surface area contributed by atoms with E-state index >= 15 is 0 Å². The van der Waals surface area contributed by atoms with Crippen molar-refractivity contribution in [3.63, 3.8) is 0 Å². The minimum atomic E-state index is 0.126. The van der Waals surface area contributed by atoms with Gasteiger partial charge in [-0.25, -0.2) is 0 Å². The van der Waals surface area contributed by atoms with Crippen molar-refractivity contribution < 1.29 is 4.79 Å². The van der Waals surface area contributed by atoms with E-state index in [1.165, 1.54) is 0 Å². The first-order chi connectivity index (χ1) is 7.72. The SMILES string of the molecule is C=CCN(C(=O)c1cccc(I)c1)C1CC1. The lowest BCUT2D eigenvalue weighted by Gasteiger charge is -2.20. The Morgan fingerprint density at radius 2 is 2.31 bits per heavy atom. The van der Waals surface area contributed by atoms with E-state index in [4.69, 9.17) is 0 Å². The van der Waals surface area contributed by atoms with Crippen molar-refractivity contribution in [1.29, 1.82) is 0 Å². The highest BCUT2D eigenvalue weighted by Gasteiger charge is 2.32. The summed E-state index contributed by atoms with van der Waals surface area (Å²) in [7, 11) is 0. The molecule has 0 spiro atoms. The largest absolute Gasteiger partial charge is 0.332 e. The Labute approximate surface area is 109 Å². The standard InChI is InChI=1S/C13H14INO/c1-2-8-15(12-6-7-12)13(16)10-4-3-5-11(14)9-10/h2-5,9,12H,1,6-8H2. The van der Waals surface area contributed by atoms with Gasteiger partial charge < -0.3 is 4.90 Å². The number of amides is 1. The second-order valence-corrected chi connectivity index (χ2v) is 5.23. The Hall–Kier alpha value is -0.840. The minimum Gasteiger partial charge on any atom is -0.332 e. The molecule has 3 heteroatoms. The van der Waals surface area contributed by atoms with Crippen LogP contribution in [0.4, 0.5) is 0 Å². The summed E-state index contributed by atoms with van der Waals surface area (Å²) in [6, 6.07) is 8.16. The lowest BCUT2D eigenvalue weighted by Crippen LogP contribution is -2.33. The summed E-state index contributed by atoms with van der Waals surface area (Å²) in [6.45, 7) is 4.36. The van der Waals surface area contributed by atoms with Gasteiger partial charge in [0.1, 0.15) is 0 Å². The molecule has 0 saturated heterocycles. The molecule has 0 N–H and O–H groups in total. The average molecular weight is 327 g/mol. The topological polar surface area (TPSA) is 20.3 Å². The fourth-order valence-corrected chi connectivity index (χ4v) is 2.25. The number of carbonyl (C=O) groups excluding carboxylic acids is 1. The van der Waals surface area contributed by atoms with Crippen LogP contribution in [0.3, 0.4) is 0 Å². The number of benzene rings is 1. The first-order valence-electron chi connectivity index (χ1n) is 5.40. The molecule has 0 heterocycles. The van der Waals surface area contributed by atoms with Crippen molar-refractivity contribution in [3.8, 4) is 0 Å². The Kier molecular flexibility index (Phi) is 3.63. The Morgan fingerprint density at radius 1 is 1.56 bits per heavy atom.